The van der Waals surface area contributed by atoms with E-state index < -0.39 is 5.91 Å². The Morgan fingerprint density at radius 3 is 2.53 bits per heavy atom. The van der Waals surface area contributed by atoms with Crippen LogP contribution >= 0.6 is 11.8 Å². The van der Waals surface area contributed by atoms with Crippen LogP contribution < -0.4 is 5.32 Å². The summed E-state index contributed by atoms with van der Waals surface area (Å²) in [5.74, 6) is -0.639. The molecule has 19 heavy (non-hydrogen) atoms. The third-order valence-corrected chi connectivity index (χ3v) is 3.00. The van der Waals surface area contributed by atoms with E-state index in [1.807, 2.05) is 6.07 Å². The highest BCUT2D eigenvalue weighted by molar-refractivity contribution is 8.06. The van der Waals surface area contributed by atoms with Crippen LogP contribution in [0.1, 0.15) is 13.8 Å². The van der Waals surface area contributed by atoms with Crippen LogP contribution in [0.4, 0.5) is 0 Å². The van der Waals surface area contributed by atoms with Crippen LogP contribution in [0.15, 0.2) is 22.1 Å². The number of hydrogen-bond donors (Lipinski definition) is 2. The summed E-state index contributed by atoms with van der Waals surface area (Å²) in [7, 11) is 0. The van der Waals surface area contributed by atoms with E-state index >= 15 is 0 Å². The van der Waals surface area contributed by atoms with Gasteiger partial charge in [-0.1, -0.05) is 18.3 Å². The van der Waals surface area contributed by atoms with Gasteiger partial charge in [0.05, 0.1) is 6.07 Å². The lowest BCUT2D eigenvalue weighted by Gasteiger charge is -2.23. The first-order valence-electron chi connectivity index (χ1n) is 5.50. The van der Waals surface area contributed by atoms with Crippen molar-refractivity contribution in [3.63, 3.8) is 0 Å². The smallest absolute Gasteiger partial charge is 0.265 e. The van der Waals surface area contributed by atoms with Crippen molar-refractivity contribution in [3.8, 4) is 12.1 Å². The molecule has 1 amide bonds. The number of aliphatic hydroxyl groups is 1. The molecule has 0 aliphatic rings. The number of amides is 1. The van der Waals surface area contributed by atoms with Gasteiger partial charge in [-0.2, -0.15) is 10.5 Å². The highest BCUT2D eigenvalue weighted by atomic mass is 32.2. The largest absolute Gasteiger partial charge is 0.376 e. The second kappa shape index (κ2) is 9.03. The summed E-state index contributed by atoms with van der Waals surface area (Å²) in [5.41, 5.74) is -0.140. The summed E-state index contributed by atoms with van der Waals surface area (Å²) >= 11 is 1.14. The molecule has 0 spiro atoms. The van der Waals surface area contributed by atoms with Crippen molar-refractivity contribution in [1.29, 1.82) is 10.5 Å². The van der Waals surface area contributed by atoms with Gasteiger partial charge in [-0.25, -0.2) is 0 Å². The van der Waals surface area contributed by atoms with Gasteiger partial charge in [-0.05, 0) is 18.8 Å². The maximum absolute atomic E-state index is 11.8. The van der Waals surface area contributed by atoms with Gasteiger partial charge >= 0.3 is 0 Å². The van der Waals surface area contributed by atoms with Crippen molar-refractivity contribution in [2.24, 2.45) is 0 Å². The van der Waals surface area contributed by atoms with E-state index in [2.05, 4.69) is 11.9 Å². The Labute approximate surface area is 117 Å². The molecule has 0 aromatic rings. The van der Waals surface area contributed by atoms with Gasteiger partial charge in [0.15, 0.2) is 0 Å². The Bertz CT molecular complexity index is 455. The van der Waals surface area contributed by atoms with E-state index in [-0.39, 0.29) is 18.8 Å². The van der Waals surface area contributed by atoms with Gasteiger partial charge in [0.25, 0.3) is 5.91 Å². The second-order valence-corrected chi connectivity index (χ2v) is 4.72. The van der Waals surface area contributed by atoms with Crippen molar-refractivity contribution < 1.29 is 9.90 Å². The third-order valence-electron chi connectivity index (χ3n) is 1.99. The average Bonchev–Trinajstić information content (AvgIpc) is 2.37. The minimum absolute atomic E-state index is 0.140. The summed E-state index contributed by atoms with van der Waals surface area (Å²) in [6.07, 6.45) is 0. The van der Waals surface area contributed by atoms with Crippen LogP contribution in [0.3, 0.4) is 0 Å². The van der Waals surface area contributed by atoms with E-state index in [9.17, 15) is 9.90 Å². The molecule has 0 saturated heterocycles. The third kappa shape index (κ3) is 5.47. The average molecular weight is 280 g/mol. The van der Waals surface area contributed by atoms with Crippen molar-refractivity contribution in [2.45, 2.75) is 13.8 Å². The molecule has 0 aromatic carbocycles. The van der Waals surface area contributed by atoms with Crippen molar-refractivity contribution in [3.05, 3.63) is 22.1 Å². The number of hydrogen-bond acceptors (Lipinski definition) is 6. The topological polar surface area (TPSA) is 100 Å². The van der Waals surface area contributed by atoms with Crippen molar-refractivity contribution in [1.82, 2.24) is 10.2 Å². The molecule has 6 nitrogen and oxygen atoms in total. The van der Waals surface area contributed by atoms with Gasteiger partial charge < -0.3 is 15.3 Å². The Morgan fingerprint density at radius 2 is 2.16 bits per heavy atom. The van der Waals surface area contributed by atoms with Gasteiger partial charge in [-0.3, -0.25) is 4.79 Å². The SMILES string of the molecule is C=C(C)S/C(=C(/C#N)C(=O)NCC#N)N(CC)CO. The first-order chi connectivity index (χ1) is 9.01. The molecular weight excluding hydrogens is 264 g/mol. The molecule has 0 radical (unpaired) electrons. The lowest BCUT2D eigenvalue weighted by molar-refractivity contribution is -0.117. The normalized spacial score (nSPS) is 10.8. The maximum Gasteiger partial charge on any atom is 0.265 e. The Balaban J connectivity index is 5.50. The lowest BCUT2D eigenvalue weighted by atomic mass is 10.3. The lowest BCUT2D eigenvalue weighted by Crippen LogP contribution is -2.30. The molecule has 0 saturated carbocycles. The number of thioether (sulfide) groups is 1. The predicted octanol–water partition coefficient (Wildman–Crippen LogP) is 0.900. The molecule has 0 fully saturated rings. The Kier molecular flexibility index (Phi) is 8.10. The summed E-state index contributed by atoms with van der Waals surface area (Å²) in [6, 6.07) is 3.57. The molecular formula is C12H16N4O2S. The molecule has 0 aromatic heterocycles. The summed E-state index contributed by atoms with van der Waals surface area (Å²) in [6.45, 7) is 7.17. The zero-order chi connectivity index (χ0) is 14.8. The fraction of sp³-hybridized carbons (Fsp3) is 0.417. The van der Waals surface area contributed by atoms with Crippen LogP contribution in [-0.4, -0.2) is 35.7 Å². The molecule has 0 rings (SSSR count). The quantitative estimate of drug-likeness (QED) is 0.311. The predicted molar refractivity (Wildman–Crippen MR) is 73.1 cm³/mol. The highest BCUT2D eigenvalue weighted by Crippen LogP contribution is 2.29. The molecule has 0 heterocycles. The number of rotatable bonds is 7. The number of carbonyl (C=O) groups excluding carboxylic acids is 1. The first-order valence-corrected chi connectivity index (χ1v) is 6.32. The monoisotopic (exact) mass is 280 g/mol. The number of nitrogens with zero attached hydrogens (tertiary/aromatic N) is 3. The van der Waals surface area contributed by atoms with Gasteiger partial charge in [-0.15, -0.1) is 0 Å². The van der Waals surface area contributed by atoms with E-state index in [1.165, 1.54) is 4.90 Å². The molecule has 0 aliphatic heterocycles. The fourth-order valence-electron chi connectivity index (χ4n) is 1.15. The maximum atomic E-state index is 11.8. The molecule has 0 unspecified atom stereocenters. The highest BCUT2D eigenvalue weighted by Gasteiger charge is 2.20. The van der Waals surface area contributed by atoms with Crippen LogP contribution in [0.25, 0.3) is 0 Å². The van der Waals surface area contributed by atoms with Gasteiger partial charge in [0.2, 0.25) is 0 Å². The van der Waals surface area contributed by atoms with Gasteiger partial charge in [0.1, 0.15) is 29.9 Å². The number of aliphatic hydroxyl groups excluding tert-OH is 1. The standard InChI is InChI=1S/C12H16N4O2S/c1-4-16(8-17)12(19-9(2)3)10(7-14)11(18)15-6-5-13/h17H,2,4,6,8H2,1,3H3,(H,15,18)/b12-10-. The summed E-state index contributed by atoms with van der Waals surface area (Å²) < 4.78 is 0. The second-order valence-electron chi connectivity index (χ2n) is 3.43. The van der Waals surface area contributed by atoms with Crippen LogP contribution in [0, 0.1) is 22.7 Å². The minimum atomic E-state index is -0.639. The number of nitrogens with one attached hydrogen (secondary N) is 1. The number of allylic oxidation sites excluding steroid dienone is 1. The molecule has 0 atom stereocenters. The van der Waals surface area contributed by atoms with E-state index in [4.69, 9.17) is 10.5 Å². The van der Waals surface area contributed by atoms with Crippen LogP contribution in [0.5, 0.6) is 0 Å². The minimum Gasteiger partial charge on any atom is -0.376 e. The first kappa shape index (κ1) is 17.0. The van der Waals surface area contributed by atoms with E-state index in [1.54, 1.807) is 19.9 Å². The van der Waals surface area contributed by atoms with Crippen LogP contribution in [0.2, 0.25) is 0 Å². The zero-order valence-corrected chi connectivity index (χ0v) is 11.8. The van der Waals surface area contributed by atoms with Crippen molar-refractivity contribution in [2.75, 3.05) is 19.8 Å². The summed E-state index contributed by atoms with van der Waals surface area (Å²) in [4.78, 5) is 14.0. The molecule has 2 N–H and O–H groups in total. The fourth-order valence-corrected chi connectivity index (χ4v) is 2.04. The Hall–Kier alpha value is -1.96. The molecule has 0 bridgehead atoms. The van der Waals surface area contributed by atoms with E-state index in [0.29, 0.717) is 16.5 Å². The molecule has 7 heteroatoms. The van der Waals surface area contributed by atoms with Crippen molar-refractivity contribution >= 4 is 17.7 Å². The molecule has 0 aliphatic carbocycles. The van der Waals surface area contributed by atoms with E-state index in [0.717, 1.165) is 11.8 Å². The van der Waals surface area contributed by atoms with Gasteiger partial charge in [0, 0.05) is 6.54 Å². The Morgan fingerprint density at radius 1 is 1.53 bits per heavy atom. The summed E-state index contributed by atoms with van der Waals surface area (Å²) in [5, 5.41) is 29.4. The zero-order valence-electron chi connectivity index (χ0n) is 10.9. The number of nitriles is 2. The van der Waals surface area contributed by atoms with Crippen LogP contribution in [-0.2, 0) is 4.79 Å². The number of carbonyl (C=O) groups is 1. The molecule has 102 valence electrons.